The molecule has 0 aliphatic carbocycles. The molecule has 3 nitrogen and oxygen atoms in total. The van der Waals surface area contributed by atoms with E-state index in [0.717, 1.165) is 13.0 Å². The molecule has 16 heavy (non-hydrogen) atoms. The first kappa shape index (κ1) is 11.6. The molecule has 1 aromatic rings. The molecule has 0 bridgehead atoms. The molecule has 0 amide bonds. The Kier molecular flexibility index (Phi) is 3.93. The summed E-state index contributed by atoms with van der Waals surface area (Å²) in [5.41, 5.74) is 1.18. The number of benzene rings is 1. The van der Waals surface area contributed by atoms with Crippen LogP contribution in [0.5, 0.6) is 0 Å². The second-order valence-corrected chi connectivity index (χ2v) is 3.99. The lowest BCUT2D eigenvalue weighted by Gasteiger charge is -2.25. The summed E-state index contributed by atoms with van der Waals surface area (Å²) in [4.78, 5) is 0. The van der Waals surface area contributed by atoms with Gasteiger partial charge < -0.3 is 14.2 Å². The Bertz CT molecular complexity index is 312. The molecule has 1 aliphatic rings. The maximum absolute atomic E-state index is 5.59. The van der Waals surface area contributed by atoms with Crippen LogP contribution >= 0.6 is 0 Å². The predicted octanol–water partition coefficient (Wildman–Crippen LogP) is 2.38. The van der Waals surface area contributed by atoms with Gasteiger partial charge in [-0.25, -0.2) is 0 Å². The average molecular weight is 222 g/mol. The summed E-state index contributed by atoms with van der Waals surface area (Å²) in [7, 11) is 3.42. The third kappa shape index (κ3) is 2.26. The first-order valence-electron chi connectivity index (χ1n) is 5.59. The second-order valence-electron chi connectivity index (χ2n) is 3.99. The molecular formula is C13H18O3. The summed E-state index contributed by atoms with van der Waals surface area (Å²) >= 11 is 0. The lowest BCUT2D eigenvalue weighted by molar-refractivity contribution is -0.135. The molecular weight excluding hydrogens is 204 g/mol. The molecule has 88 valence electrons. The maximum atomic E-state index is 5.59. The van der Waals surface area contributed by atoms with Gasteiger partial charge in [0.15, 0.2) is 6.29 Å². The highest BCUT2D eigenvalue weighted by Crippen LogP contribution is 2.35. The van der Waals surface area contributed by atoms with Crippen molar-refractivity contribution in [2.75, 3.05) is 20.8 Å². The molecule has 0 aromatic heterocycles. The minimum absolute atomic E-state index is 0.0497. The molecule has 1 aromatic carbocycles. The number of ether oxygens (including phenoxy) is 3. The standard InChI is InChI=1S/C13H18O3/c1-14-12(10-6-4-3-5-7-10)11-8-9-16-13(11)15-2/h3-7,11-13H,8-9H2,1-2H3. The van der Waals surface area contributed by atoms with Crippen LogP contribution in [0.3, 0.4) is 0 Å². The Hall–Kier alpha value is -0.900. The molecule has 0 radical (unpaired) electrons. The molecule has 0 N–H and O–H groups in total. The molecule has 3 atom stereocenters. The van der Waals surface area contributed by atoms with Gasteiger partial charge in [-0.3, -0.25) is 0 Å². The number of rotatable bonds is 4. The topological polar surface area (TPSA) is 27.7 Å². The normalized spacial score (nSPS) is 26.9. The third-order valence-corrected chi connectivity index (χ3v) is 3.09. The Labute approximate surface area is 96.3 Å². The Morgan fingerprint density at radius 1 is 1.25 bits per heavy atom. The zero-order valence-electron chi connectivity index (χ0n) is 9.76. The lowest BCUT2D eigenvalue weighted by Crippen LogP contribution is -2.25. The van der Waals surface area contributed by atoms with Gasteiger partial charge >= 0.3 is 0 Å². The first-order chi connectivity index (χ1) is 7.86. The van der Waals surface area contributed by atoms with Crippen molar-refractivity contribution in [1.29, 1.82) is 0 Å². The van der Waals surface area contributed by atoms with Gasteiger partial charge in [-0.2, -0.15) is 0 Å². The van der Waals surface area contributed by atoms with Crippen LogP contribution in [-0.2, 0) is 14.2 Å². The van der Waals surface area contributed by atoms with Crippen LogP contribution in [0.4, 0.5) is 0 Å². The van der Waals surface area contributed by atoms with Gasteiger partial charge in [-0.15, -0.1) is 0 Å². The van der Waals surface area contributed by atoms with E-state index in [0.29, 0.717) is 0 Å². The lowest BCUT2D eigenvalue weighted by atomic mass is 9.94. The minimum Gasteiger partial charge on any atom is -0.376 e. The van der Waals surface area contributed by atoms with Crippen LogP contribution in [0.15, 0.2) is 30.3 Å². The Balaban J connectivity index is 2.16. The smallest absolute Gasteiger partial charge is 0.162 e. The quantitative estimate of drug-likeness (QED) is 0.782. The van der Waals surface area contributed by atoms with Crippen molar-refractivity contribution in [3.63, 3.8) is 0 Å². The third-order valence-electron chi connectivity index (χ3n) is 3.09. The summed E-state index contributed by atoms with van der Waals surface area (Å²) in [5, 5.41) is 0. The number of methoxy groups -OCH3 is 2. The van der Waals surface area contributed by atoms with Crippen molar-refractivity contribution in [1.82, 2.24) is 0 Å². The molecule has 0 saturated carbocycles. The van der Waals surface area contributed by atoms with Crippen molar-refractivity contribution in [2.45, 2.75) is 18.8 Å². The van der Waals surface area contributed by atoms with E-state index >= 15 is 0 Å². The molecule has 2 rings (SSSR count). The molecule has 3 heteroatoms. The van der Waals surface area contributed by atoms with Gasteiger partial charge in [0.1, 0.15) is 0 Å². The van der Waals surface area contributed by atoms with E-state index in [1.807, 2.05) is 18.2 Å². The first-order valence-corrected chi connectivity index (χ1v) is 5.59. The van der Waals surface area contributed by atoms with Gasteiger partial charge in [0, 0.05) is 20.1 Å². The Morgan fingerprint density at radius 2 is 2.00 bits per heavy atom. The fourth-order valence-electron chi connectivity index (χ4n) is 2.32. The molecule has 1 aliphatic heterocycles. The number of hydrogen-bond donors (Lipinski definition) is 0. The van der Waals surface area contributed by atoms with Crippen molar-refractivity contribution >= 4 is 0 Å². The van der Waals surface area contributed by atoms with Crippen molar-refractivity contribution in [3.8, 4) is 0 Å². The van der Waals surface area contributed by atoms with Crippen LogP contribution in [0.1, 0.15) is 18.1 Å². The van der Waals surface area contributed by atoms with Crippen molar-refractivity contribution in [3.05, 3.63) is 35.9 Å². The monoisotopic (exact) mass is 222 g/mol. The van der Waals surface area contributed by atoms with Crippen LogP contribution in [-0.4, -0.2) is 27.1 Å². The fraction of sp³-hybridized carbons (Fsp3) is 0.538. The van der Waals surface area contributed by atoms with Crippen LogP contribution in [0, 0.1) is 5.92 Å². The van der Waals surface area contributed by atoms with E-state index in [4.69, 9.17) is 14.2 Å². The zero-order valence-corrected chi connectivity index (χ0v) is 9.76. The van der Waals surface area contributed by atoms with Crippen molar-refractivity contribution in [2.24, 2.45) is 5.92 Å². The maximum Gasteiger partial charge on any atom is 0.162 e. The van der Waals surface area contributed by atoms with Gasteiger partial charge in [0.2, 0.25) is 0 Å². The summed E-state index contributed by atoms with van der Waals surface area (Å²) in [6, 6.07) is 10.2. The van der Waals surface area contributed by atoms with Gasteiger partial charge in [-0.1, -0.05) is 30.3 Å². The van der Waals surface area contributed by atoms with E-state index in [-0.39, 0.29) is 18.3 Å². The SMILES string of the molecule is COC1OCCC1C(OC)c1ccccc1. The van der Waals surface area contributed by atoms with E-state index in [1.165, 1.54) is 5.56 Å². The van der Waals surface area contributed by atoms with E-state index in [2.05, 4.69) is 12.1 Å². The summed E-state index contributed by atoms with van der Waals surface area (Å²) in [5.74, 6) is 0.275. The highest BCUT2D eigenvalue weighted by atomic mass is 16.7. The van der Waals surface area contributed by atoms with Gasteiger partial charge in [0.05, 0.1) is 12.7 Å². The van der Waals surface area contributed by atoms with Gasteiger partial charge in [0.25, 0.3) is 0 Å². The highest BCUT2D eigenvalue weighted by molar-refractivity contribution is 5.18. The average Bonchev–Trinajstić information content (AvgIpc) is 2.80. The number of hydrogen-bond acceptors (Lipinski definition) is 3. The van der Waals surface area contributed by atoms with Crippen LogP contribution in [0.2, 0.25) is 0 Å². The largest absolute Gasteiger partial charge is 0.376 e. The van der Waals surface area contributed by atoms with Crippen LogP contribution in [0.25, 0.3) is 0 Å². The van der Waals surface area contributed by atoms with E-state index in [9.17, 15) is 0 Å². The van der Waals surface area contributed by atoms with E-state index < -0.39 is 0 Å². The van der Waals surface area contributed by atoms with Crippen molar-refractivity contribution < 1.29 is 14.2 Å². The van der Waals surface area contributed by atoms with E-state index in [1.54, 1.807) is 14.2 Å². The molecule has 3 unspecified atom stereocenters. The second kappa shape index (κ2) is 5.43. The molecule has 1 saturated heterocycles. The van der Waals surface area contributed by atoms with Gasteiger partial charge in [-0.05, 0) is 12.0 Å². The predicted molar refractivity (Wildman–Crippen MR) is 61.0 cm³/mol. The molecule has 1 heterocycles. The zero-order chi connectivity index (χ0) is 11.4. The molecule has 0 spiro atoms. The minimum atomic E-state index is -0.148. The summed E-state index contributed by atoms with van der Waals surface area (Å²) in [6.07, 6.45) is 0.880. The highest BCUT2D eigenvalue weighted by Gasteiger charge is 2.35. The van der Waals surface area contributed by atoms with Crippen LogP contribution < -0.4 is 0 Å². The Morgan fingerprint density at radius 3 is 2.62 bits per heavy atom. The fourth-order valence-corrected chi connectivity index (χ4v) is 2.32. The summed E-state index contributed by atoms with van der Waals surface area (Å²) in [6.45, 7) is 0.746. The molecule has 1 fully saturated rings. The summed E-state index contributed by atoms with van der Waals surface area (Å²) < 4.78 is 16.4.